The zero-order valence-electron chi connectivity index (χ0n) is 15.5. The lowest BCUT2D eigenvalue weighted by Crippen LogP contribution is -2.14. The molecule has 4 aromatic rings. The summed E-state index contributed by atoms with van der Waals surface area (Å²) in [4.78, 5) is 12.8. The van der Waals surface area contributed by atoms with E-state index in [0.717, 1.165) is 0 Å². The Hall–Kier alpha value is -3.81. The first-order valence-electron chi connectivity index (χ1n) is 9.00. The van der Waals surface area contributed by atoms with Crippen LogP contribution in [0.2, 0.25) is 0 Å². The van der Waals surface area contributed by atoms with Gasteiger partial charge in [-0.1, -0.05) is 6.92 Å². The lowest BCUT2D eigenvalue weighted by molar-refractivity contribution is 0.102. The van der Waals surface area contributed by atoms with Gasteiger partial charge < -0.3 is 5.32 Å². The normalized spacial score (nSPS) is 10.9. The third kappa shape index (κ3) is 3.64. The van der Waals surface area contributed by atoms with Crippen LogP contribution in [0.5, 0.6) is 0 Å². The van der Waals surface area contributed by atoms with Crippen LogP contribution in [0.3, 0.4) is 0 Å². The number of hydrogen-bond acceptors (Lipinski definition) is 3. The molecule has 1 amide bonds. The van der Waals surface area contributed by atoms with Crippen molar-refractivity contribution in [2.75, 3.05) is 5.32 Å². The number of halogens is 2. The topological polar surface area (TPSA) is 64.7 Å². The molecule has 146 valence electrons. The maximum absolute atomic E-state index is 14.4. The van der Waals surface area contributed by atoms with E-state index in [2.05, 4.69) is 15.5 Å². The van der Waals surface area contributed by atoms with Gasteiger partial charge in [-0.05, 0) is 55.0 Å². The number of rotatable bonds is 5. The summed E-state index contributed by atoms with van der Waals surface area (Å²) >= 11 is 0. The van der Waals surface area contributed by atoms with E-state index >= 15 is 0 Å². The first kappa shape index (κ1) is 18.5. The molecule has 6 nitrogen and oxygen atoms in total. The highest BCUT2D eigenvalue weighted by Gasteiger charge is 2.18. The van der Waals surface area contributed by atoms with Crippen molar-refractivity contribution >= 4 is 11.6 Å². The van der Waals surface area contributed by atoms with E-state index in [4.69, 9.17) is 0 Å². The minimum atomic E-state index is -0.510. The van der Waals surface area contributed by atoms with Crippen LogP contribution in [0, 0.1) is 11.6 Å². The zero-order valence-corrected chi connectivity index (χ0v) is 15.5. The second-order valence-corrected chi connectivity index (χ2v) is 6.32. The first-order valence-corrected chi connectivity index (χ1v) is 9.00. The molecule has 29 heavy (non-hydrogen) atoms. The Morgan fingerprint density at radius 2 is 1.90 bits per heavy atom. The Bertz CT molecular complexity index is 1150. The summed E-state index contributed by atoms with van der Waals surface area (Å²) in [6.45, 7) is 1.90. The highest BCUT2D eigenvalue weighted by atomic mass is 19.1. The largest absolute Gasteiger partial charge is 0.322 e. The molecule has 0 aliphatic heterocycles. The highest BCUT2D eigenvalue weighted by Crippen LogP contribution is 2.21. The molecule has 2 heterocycles. The number of nitrogens with one attached hydrogen (secondary N) is 1. The SMILES string of the molecule is CCc1c(C(=O)Nc2ccc(-n3cccn3)c(F)c2)cnn1-c1ccc(F)cc1. The fourth-order valence-corrected chi connectivity index (χ4v) is 3.09. The first-order chi connectivity index (χ1) is 14.1. The molecule has 0 fully saturated rings. The molecule has 0 radical (unpaired) electrons. The van der Waals surface area contributed by atoms with Crippen LogP contribution in [0.25, 0.3) is 11.4 Å². The van der Waals surface area contributed by atoms with Crippen molar-refractivity contribution in [2.24, 2.45) is 0 Å². The van der Waals surface area contributed by atoms with E-state index in [1.807, 2.05) is 6.92 Å². The Balaban J connectivity index is 1.59. The monoisotopic (exact) mass is 393 g/mol. The third-order valence-corrected chi connectivity index (χ3v) is 4.48. The number of anilines is 1. The van der Waals surface area contributed by atoms with Crippen LogP contribution in [0.15, 0.2) is 67.1 Å². The number of carbonyl (C=O) groups excluding carboxylic acids is 1. The maximum atomic E-state index is 14.4. The second-order valence-electron chi connectivity index (χ2n) is 6.32. The molecule has 0 saturated heterocycles. The fraction of sp³-hybridized carbons (Fsp3) is 0.0952. The molecule has 0 unspecified atom stereocenters. The Labute approximate surface area is 165 Å². The van der Waals surface area contributed by atoms with Crippen molar-refractivity contribution in [1.82, 2.24) is 19.6 Å². The summed E-state index contributed by atoms with van der Waals surface area (Å²) in [7, 11) is 0. The number of aromatic nitrogens is 4. The minimum Gasteiger partial charge on any atom is -0.322 e. The Kier molecular flexibility index (Phi) is 4.90. The van der Waals surface area contributed by atoms with Gasteiger partial charge in [-0.15, -0.1) is 0 Å². The van der Waals surface area contributed by atoms with Gasteiger partial charge in [0.15, 0.2) is 5.82 Å². The van der Waals surface area contributed by atoms with Crippen molar-refractivity contribution in [2.45, 2.75) is 13.3 Å². The summed E-state index contributed by atoms with van der Waals surface area (Å²) < 4.78 is 30.6. The summed E-state index contributed by atoms with van der Waals surface area (Å²) in [6, 6.07) is 11.9. The molecule has 2 aromatic heterocycles. The van der Waals surface area contributed by atoms with Crippen molar-refractivity contribution in [3.8, 4) is 11.4 Å². The van der Waals surface area contributed by atoms with Crippen LogP contribution in [0.4, 0.5) is 14.5 Å². The number of hydrogen-bond donors (Lipinski definition) is 1. The van der Waals surface area contributed by atoms with Crippen LogP contribution < -0.4 is 5.32 Å². The average molecular weight is 393 g/mol. The standard InChI is InChI=1S/C21H17F2N5O/c1-2-19-17(13-25-28(19)16-7-4-14(22)5-8-16)21(29)26-15-6-9-20(18(23)12-15)27-11-3-10-24-27/h3-13H,2H2,1H3,(H,26,29). The average Bonchev–Trinajstić information content (AvgIpc) is 3.38. The number of nitrogens with zero attached hydrogens (tertiary/aromatic N) is 4. The molecule has 0 atom stereocenters. The fourth-order valence-electron chi connectivity index (χ4n) is 3.09. The predicted octanol–water partition coefficient (Wildman–Crippen LogP) is 4.15. The van der Waals surface area contributed by atoms with Gasteiger partial charge in [0.2, 0.25) is 0 Å². The van der Waals surface area contributed by atoms with Crippen molar-refractivity contribution < 1.29 is 13.6 Å². The van der Waals surface area contributed by atoms with E-state index in [1.54, 1.807) is 47.4 Å². The maximum Gasteiger partial charge on any atom is 0.259 e. The lowest BCUT2D eigenvalue weighted by Gasteiger charge is -2.10. The van der Waals surface area contributed by atoms with E-state index in [1.165, 1.54) is 29.1 Å². The van der Waals surface area contributed by atoms with Gasteiger partial charge >= 0.3 is 0 Å². The second kappa shape index (κ2) is 7.67. The molecular weight excluding hydrogens is 376 g/mol. The summed E-state index contributed by atoms with van der Waals surface area (Å²) in [5, 5.41) is 11.0. The van der Waals surface area contributed by atoms with Gasteiger partial charge in [0.05, 0.1) is 23.1 Å². The smallest absolute Gasteiger partial charge is 0.259 e. The number of amides is 1. The van der Waals surface area contributed by atoms with Crippen molar-refractivity contribution in [1.29, 1.82) is 0 Å². The van der Waals surface area contributed by atoms with Gasteiger partial charge in [-0.25, -0.2) is 18.1 Å². The molecule has 0 aliphatic rings. The lowest BCUT2D eigenvalue weighted by atomic mass is 10.1. The molecule has 0 spiro atoms. The molecule has 8 heteroatoms. The molecule has 4 rings (SSSR count). The highest BCUT2D eigenvalue weighted by molar-refractivity contribution is 6.05. The molecule has 2 aromatic carbocycles. The van der Waals surface area contributed by atoms with Gasteiger partial charge in [0.25, 0.3) is 5.91 Å². The van der Waals surface area contributed by atoms with Crippen molar-refractivity contribution in [3.63, 3.8) is 0 Å². The predicted molar refractivity (Wildman–Crippen MR) is 104 cm³/mol. The van der Waals surface area contributed by atoms with Crippen LogP contribution in [-0.2, 0) is 6.42 Å². The summed E-state index contributed by atoms with van der Waals surface area (Å²) in [6.07, 6.45) is 5.17. The van der Waals surface area contributed by atoms with E-state index < -0.39 is 11.7 Å². The summed E-state index contributed by atoms with van der Waals surface area (Å²) in [5.41, 5.74) is 2.29. The Morgan fingerprint density at radius 3 is 2.55 bits per heavy atom. The third-order valence-electron chi connectivity index (χ3n) is 4.48. The van der Waals surface area contributed by atoms with Crippen LogP contribution >= 0.6 is 0 Å². The van der Waals surface area contributed by atoms with Gasteiger partial charge in [0, 0.05) is 18.1 Å². The van der Waals surface area contributed by atoms with Crippen molar-refractivity contribution in [3.05, 3.63) is 90.0 Å². The molecule has 0 bridgehead atoms. The number of benzene rings is 2. The van der Waals surface area contributed by atoms with Gasteiger partial charge in [-0.2, -0.15) is 10.2 Å². The zero-order chi connectivity index (χ0) is 20.4. The molecular formula is C21H17F2N5O. The Morgan fingerprint density at radius 1 is 1.10 bits per heavy atom. The molecule has 0 aliphatic carbocycles. The van der Waals surface area contributed by atoms with Crippen LogP contribution in [0.1, 0.15) is 23.0 Å². The molecule has 1 N–H and O–H groups in total. The van der Waals surface area contributed by atoms with Gasteiger partial charge in [-0.3, -0.25) is 4.79 Å². The van der Waals surface area contributed by atoms with E-state index in [0.29, 0.717) is 29.1 Å². The molecule has 0 saturated carbocycles. The minimum absolute atomic E-state index is 0.284. The van der Waals surface area contributed by atoms with Crippen LogP contribution in [-0.4, -0.2) is 25.5 Å². The van der Waals surface area contributed by atoms with E-state index in [-0.39, 0.29) is 11.5 Å². The summed E-state index contributed by atoms with van der Waals surface area (Å²) in [5.74, 6) is -1.26. The van der Waals surface area contributed by atoms with Gasteiger partial charge in [0.1, 0.15) is 11.5 Å². The van der Waals surface area contributed by atoms with E-state index in [9.17, 15) is 13.6 Å². The quantitative estimate of drug-likeness (QED) is 0.554. The number of carbonyl (C=O) groups is 1.